The summed E-state index contributed by atoms with van der Waals surface area (Å²) < 4.78 is 11.8. The maximum Gasteiger partial charge on any atom is 0.129 e. The van der Waals surface area contributed by atoms with Crippen molar-refractivity contribution in [1.82, 2.24) is 0 Å². The molecule has 0 aliphatic rings. The van der Waals surface area contributed by atoms with Crippen LogP contribution in [0.15, 0.2) is 45.5 Å². The molecular weight excluding hydrogens is 282 g/mol. The zero-order valence-corrected chi connectivity index (χ0v) is 10.9. The van der Waals surface area contributed by atoms with E-state index in [-0.39, 0.29) is 0 Å². The molecular formula is C13H14BrNO2. The molecule has 0 fully saturated rings. The molecule has 2 aromatic rings. The smallest absolute Gasteiger partial charge is 0.129 e. The number of ether oxygens (including phenoxy) is 1. The Morgan fingerprint density at radius 2 is 2.12 bits per heavy atom. The quantitative estimate of drug-likeness (QED) is 0.921. The second-order valence-electron chi connectivity index (χ2n) is 3.70. The van der Waals surface area contributed by atoms with Gasteiger partial charge in [0.05, 0.1) is 12.9 Å². The Morgan fingerprint density at radius 3 is 2.76 bits per heavy atom. The van der Waals surface area contributed by atoms with Gasteiger partial charge in [0.15, 0.2) is 0 Å². The standard InChI is InChI=1S/C13H14BrNO2/c14-13-6-10(7-15)3-4-11(13)8-16-9-12-2-1-5-17-12/h1-6H,7-9,15H2. The number of halogens is 1. The summed E-state index contributed by atoms with van der Waals surface area (Å²) in [6.07, 6.45) is 1.64. The number of benzene rings is 1. The van der Waals surface area contributed by atoms with E-state index in [1.807, 2.05) is 30.3 Å². The molecule has 0 unspecified atom stereocenters. The maximum absolute atomic E-state index is 5.57. The zero-order chi connectivity index (χ0) is 12.1. The van der Waals surface area contributed by atoms with Crippen LogP contribution in [-0.4, -0.2) is 0 Å². The van der Waals surface area contributed by atoms with Gasteiger partial charge in [0.25, 0.3) is 0 Å². The third-order valence-corrected chi connectivity index (χ3v) is 3.17. The molecule has 0 saturated heterocycles. The maximum atomic E-state index is 5.57. The lowest BCUT2D eigenvalue weighted by atomic mass is 10.1. The Hall–Kier alpha value is -1.10. The first-order valence-corrected chi connectivity index (χ1v) is 6.16. The summed E-state index contributed by atoms with van der Waals surface area (Å²) in [4.78, 5) is 0. The minimum Gasteiger partial charge on any atom is -0.467 e. The van der Waals surface area contributed by atoms with Crippen LogP contribution in [0.4, 0.5) is 0 Å². The molecule has 0 amide bonds. The van der Waals surface area contributed by atoms with Crippen LogP contribution in [-0.2, 0) is 24.5 Å². The average molecular weight is 296 g/mol. The van der Waals surface area contributed by atoms with Gasteiger partial charge in [-0.2, -0.15) is 0 Å². The summed E-state index contributed by atoms with van der Waals surface area (Å²) in [5.41, 5.74) is 7.78. The van der Waals surface area contributed by atoms with E-state index in [0.29, 0.717) is 19.8 Å². The highest BCUT2D eigenvalue weighted by Crippen LogP contribution is 2.19. The molecule has 4 heteroatoms. The minimum atomic E-state index is 0.484. The van der Waals surface area contributed by atoms with Crippen molar-refractivity contribution in [2.24, 2.45) is 5.73 Å². The molecule has 2 N–H and O–H groups in total. The molecule has 0 saturated carbocycles. The molecule has 3 nitrogen and oxygen atoms in total. The largest absolute Gasteiger partial charge is 0.467 e. The highest BCUT2D eigenvalue weighted by Gasteiger charge is 2.02. The minimum absolute atomic E-state index is 0.484. The number of furan rings is 1. The van der Waals surface area contributed by atoms with Gasteiger partial charge in [-0.05, 0) is 29.3 Å². The lowest BCUT2D eigenvalue weighted by Gasteiger charge is -2.06. The Kier molecular flexibility index (Phi) is 4.36. The van der Waals surface area contributed by atoms with Gasteiger partial charge in [-0.25, -0.2) is 0 Å². The molecule has 0 aliphatic heterocycles. The fraction of sp³-hybridized carbons (Fsp3) is 0.231. The summed E-state index contributed by atoms with van der Waals surface area (Å²) in [5, 5.41) is 0. The summed E-state index contributed by atoms with van der Waals surface area (Å²) in [6.45, 7) is 1.58. The lowest BCUT2D eigenvalue weighted by molar-refractivity contribution is 0.0925. The Bertz CT molecular complexity index is 468. The first-order valence-electron chi connectivity index (χ1n) is 5.37. The molecule has 0 bridgehead atoms. The molecule has 0 spiro atoms. The molecule has 1 heterocycles. The van der Waals surface area contributed by atoms with Gasteiger partial charge in [-0.15, -0.1) is 0 Å². The van der Waals surface area contributed by atoms with Gasteiger partial charge < -0.3 is 14.9 Å². The predicted octanol–water partition coefficient (Wildman–Crippen LogP) is 3.22. The van der Waals surface area contributed by atoms with Gasteiger partial charge >= 0.3 is 0 Å². The molecule has 0 aliphatic carbocycles. The van der Waals surface area contributed by atoms with Crippen LogP contribution in [0.2, 0.25) is 0 Å². The van der Waals surface area contributed by atoms with Crippen LogP contribution in [0.3, 0.4) is 0 Å². The predicted molar refractivity (Wildman–Crippen MR) is 69.2 cm³/mol. The highest BCUT2D eigenvalue weighted by atomic mass is 79.9. The van der Waals surface area contributed by atoms with E-state index < -0.39 is 0 Å². The summed E-state index contributed by atoms with van der Waals surface area (Å²) in [6, 6.07) is 9.80. The van der Waals surface area contributed by atoms with Crippen LogP contribution in [0.25, 0.3) is 0 Å². The van der Waals surface area contributed by atoms with E-state index in [4.69, 9.17) is 14.9 Å². The fourth-order valence-electron chi connectivity index (χ4n) is 1.49. The summed E-state index contributed by atoms with van der Waals surface area (Å²) in [7, 11) is 0. The van der Waals surface area contributed by atoms with Crippen LogP contribution in [0.5, 0.6) is 0 Å². The van der Waals surface area contributed by atoms with Crippen molar-refractivity contribution in [3.05, 3.63) is 58.0 Å². The molecule has 0 radical (unpaired) electrons. The normalized spacial score (nSPS) is 10.7. The monoisotopic (exact) mass is 295 g/mol. The Balaban J connectivity index is 1.90. The molecule has 2 rings (SSSR count). The number of rotatable bonds is 5. The van der Waals surface area contributed by atoms with Crippen molar-refractivity contribution in [3.8, 4) is 0 Å². The fourth-order valence-corrected chi connectivity index (χ4v) is 2.03. The van der Waals surface area contributed by atoms with Gasteiger partial charge in [0, 0.05) is 11.0 Å². The van der Waals surface area contributed by atoms with E-state index in [2.05, 4.69) is 15.9 Å². The first-order chi connectivity index (χ1) is 8.29. The third-order valence-electron chi connectivity index (χ3n) is 2.44. The van der Waals surface area contributed by atoms with Crippen LogP contribution < -0.4 is 5.73 Å². The Labute approximate surface area is 109 Å². The van der Waals surface area contributed by atoms with Crippen molar-refractivity contribution in [1.29, 1.82) is 0 Å². The second-order valence-corrected chi connectivity index (χ2v) is 4.56. The van der Waals surface area contributed by atoms with Crippen molar-refractivity contribution < 1.29 is 9.15 Å². The second kappa shape index (κ2) is 6.00. The van der Waals surface area contributed by atoms with Gasteiger partial charge in [0.1, 0.15) is 12.4 Å². The summed E-state index contributed by atoms with van der Waals surface area (Å²) >= 11 is 3.51. The average Bonchev–Trinajstić information content (AvgIpc) is 2.84. The SMILES string of the molecule is NCc1ccc(COCc2ccco2)c(Br)c1. The molecule has 90 valence electrons. The molecule has 0 atom stereocenters. The van der Waals surface area contributed by atoms with Crippen LogP contribution in [0.1, 0.15) is 16.9 Å². The van der Waals surface area contributed by atoms with E-state index >= 15 is 0 Å². The van der Waals surface area contributed by atoms with E-state index in [1.165, 1.54) is 0 Å². The third kappa shape index (κ3) is 3.43. The van der Waals surface area contributed by atoms with Crippen molar-refractivity contribution >= 4 is 15.9 Å². The Morgan fingerprint density at radius 1 is 1.24 bits per heavy atom. The van der Waals surface area contributed by atoms with Crippen LogP contribution in [0, 0.1) is 0 Å². The van der Waals surface area contributed by atoms with Crippen molar-refractivity contribution in [2.75, 3.05) is 0 Å². The van der Waals surface area contributed by atoms with E-state index in [9.17, 15) is 0 Å². The molecule has 17 heavy (non-hydrogen) atoms. The molecule has 1 aromatic carbocycles. The van der Waals surface area contributed by atoms with E-state index in [0.717, 1.165) is 21.4 Å². The summed E-state index contributed by atoms with van der Waals surface area (Å²) in [5.74, 6) is 0.833. The zero-order valence-electron chi connectivity index (χ0n) is 9.36. The number of nitrogens with two attached hydrogens (primary N) is 1. The van der Waals surface area contributed by atoms with E-state index in [1.54, 1.807) is 6.26 Å². The van der Waals surface area contributed by atoms with Crippen LogP contribution >= 0.6 is 15.9 Å². The van der Waals surface area contributed by atoms with Crippen molar-refractivity contribution in [3.63, 3.8) is 0 Å². The van der Waals surface area contributed by atoms with Gasteiger partial charge in [0.2, 0.25) is 0 Å². The first kappa shape index (κ1) is 12.4. The van der Waals surface area contributed by atoms with Gasteiger partial charge in [-0.1, -0.05) is 28.1 Å². The highest BCUT2D eigenvalue weighted by molar-refractivity contribution is 9.10. The van der Waals surface area contributed by atoms with Crippen molar-refractivity contribution in [2.45, 2.75) is 19.8 Å². The lowest BCUT2D eigenvalue weighted by Crippen LogP contribution is -1.98. The number of hydrogen-bond acceptors (Lipinski definition) is 3. The van der Waals surface area contributed by atoms with Gasteiger partial charge in [-0.3, -0.25) is 0 Å². The topological polar surface area (TPSA) is 48.4 Å². The molecule has 1 aromatic heterocycles. The number of hydrogen-bond donors (Lipinski definition) is 1.